The van der Waals surface area contributed by atoms with Gasteiger partial charge in [-0.3, -0.25) is 0 Å². The molecule has 0 N–H and O–H groups in total. The van der Waals surface area contributed by atoms with E-state index in [2.05, 4.69) is 41.3 Å². The van der Waals surface area contributed by atoms with E-state index in [0.29, 0.717) is 0 Å². The lowest BCUT2D eigenvalue weighted by Crippen LogP contribution is -2.39. The lowest BCUT2D eigenvalue weighted by molar-refractivity contribution is 0.213. The van der Waals surface area contributed by atoms with Crippen LogP contribution in [0.4, 0.5) is 0 Å². The average Bonchev–Trinajstić information content (AvgIpc) is 1.95. The number of likely N-dealkylation sites (tertiary alicyclic amines) is 1. The van der Waals surface area contributed by atoms with E-state index in [1.807, 2.05) is 0 Å². The van der Waals surface area contributed by atoms with Crippen LogP contribution in [0.3, 0.4) is 0 Å². The maximum atomic E-state index is 2.58. The summed E-state index contributed by atoms with van der Waals surface area (Å²) in [4.78, 5) is 2.54. The summed E-state index contributed by atoms with van der Waals surface area (Å²) in [5, 5.41) is 0. The van der Waals surface area contributed by atoms with Crippen LogP contribution in [0.15, 0.2) is 0 Å². The Labute approximate surface area is 77.3 Å². The predicted octanol–water partition coefficient (Wildman–Crippen LogP) is 2.15. The van der Waals surface area contributed by atoms with Crippen LogP contribution in [-0.2, 0) is 0 Å². The molecule has 0 aromatic rings. The first-order chi connectivity index (χ1) is 4.74. The number of rotatable bonds is 1. The van der Waals surface area contributed by atoms with Gasteiger partial charge in [0.1, 0.15) is 0 Å². The molecule has 0 aromatic carbocycles. The highest BCUT2D eigenvalue weighted by atomic mass is 127. The van der Waals surface area contributed by atoms with Gasteiger partial charge >= 0.3 is 0 Å². The van der Waals surface area contributed by atoms with Gasteiger partial charge in [0.2, 0.25) is 0 Å². The zero-order valence-electron chi connectivity index (χ0n) is 6.81. The number of piperidine rings is 1. The molecular weight excluding hydrogens is 237 g/mol. The minimum absolute atomic E-state index is 0.881. The van der Waals surface area contributed by atoms with E-state index in [0.717, 1.165) is 9.84 Å². The molecular formula is C8H16IN. The van der Waals surface area contributed by atoms with Crippen molar-refractivity contribution in [3.05, 3.63) is 0 Å². The van der Waals surface area contributed by atoms with Crippen LogP contribution in [0.25, 0.3) is 0 Å². The predicted molar refractivity (Wildman–Crippen MR) is 53.7 cm³/mol. The summed E-state index contributed by atoms with van der Waals surface area (Å²) in [7, 11) is 0. The summed E-state index contributed by atoms with van der Waals surface area (Å²) in [6.45, 7) is 8.46. The molecule has 60 valence electrons. The van der Waals surface area contributed by atoms with Gasteiger partial charge in [0.05, 0.1) is 0 Å². The molecule has 0 aliphatic carbocycles. The molecule has 1 fully saturated rings. The first-order valence-electron chi connectivity index (χ1n) is 4.10. The number of halogens is 1. The van der Waals surface area contributed by atoms with E-state index in [9.17, 15) is 0 Å². The van der Waals surface area contributed by atoms with Gasteiger partial charge in [0.25, 0.3) is 0 Å². The second-order valence-corrected chi connectivity index (χ2v) is 4.78. The van der Waals surface area contributed by atoms with Crippen LogP contribution in [0.2, 0.25) is 0 Å². The summed E-state index contributed by atoms with van der Waals surface area (Å²) in [6.07, 6.45) is 1.39. The van der Waals surface area contributed by atoms with Crippen LogP contribution < -0.4 is 0 Å². The summed E-state index contributed by atoms with van der Waals surface area (Å²) < 4.78 is 0.881. The average molecular weight is 253 g/mol. The van der Waals surface area contributed by atoms with Crippen LogP contribution in [0.5, 0.6) is 0 Å². The minimum Gasteiger partial charge on any atom is -0.303 e. The van der Waals surface area contributed by atoms with E-state index in [4.69, 9.17) is 0 Å². The Hall–Kier alpha value is 0.690. The summed E-state index contributed by atoms with van der Waals surface area (Å²) in [6, 6.07) is 0. The van der Waals surface area contributed by atoms with Crippen LogP contribution in [0.1, 0.15) is 20.3 Å². The Morgan fingerprint density at radius 3 is 2.80 bits per heavy atom. The maximum absolute atomic E-state index is 2.58. The van der Waals surface area contributed by atoms with Crippen LogP contribution in [0, 0.1) is 5.92 Å². The molecule has 1 aliphatic rings. The fourth-order valence-corrected chi connectivity index (χ4v) is 2.29. The standard InChI is InChI=1S/C8H16IN/c1-3-10-5-4-7(2)8(9)6-10/h7-8H,3-6H2,1-2H3. The van der Waals surface area contributed by atoms with Crippen LogP contribution >= 0.6 is 22.6 Å². The lowest BCUT2D eigenvalue weighted by atomic mass is 9.99. The van der Waals surface area contributed by atoms with Crippen LogP contribution in [-0.4, -0.2) is 28.5 Å². The Morgan fingerprint density at radius 2 is 2.30 bits per heavy atom. The van der Waals surface area contributed by atoms with Crippen molar-refractivity contribution in [3.63, 3.8) is 0 Å². The largest absolute Gasteiger partial charge is 0.303 e. The third kappa shape index (κ3) is 2.09. The van der Waals surface area contributed by atoms with E-state index in [1.54, 1.807) is 0 Å². The zero-order valence-corrected chi connectivity index (χ0v) is 8.97. The molecule has 0 spiro atoms. The molecule has 1 heterocycles. The third-order valence-corrected chi connectivity index (χ3v) is 4.02. The third-order valence-electron chi connectivity index (χ3n) is 2.40. The van der Waals surface area contributed by atoms with Gasteiger partial charge in [0.15, 0.2) is 0 Å². The second-order valence-electron chi connectivity index (χ2n) is 3.18. The van der Waals surface area contributed by atoms with Gasteiger partial charge in [-0.15, -0.1) is 0 Å². The molecule has 10 heavy (non-hydrogen) atoms. The summed E-state index contributed by atoms with van der Waals surface area (Å²) in [5.41, 5.74) is 0. The fourth-order valence-electron chi connectivity index (χ4n) is 1.37. The van der Waals surface area contributed by atoms with E-state index in [1.165, 1.54) is 26.1 Å². The highest BCUT2D eigenvalue weighted by Crippen LogP contribution is 2.23. The van der Waals surface area contributed by atoms with Gasteiger partial charge < -0.3 is 4.90 Å². The Morgan fingerprint density at radius 1 is 1.60 bits per heavy atom. The molecule has 2 heteroatoms. The SMILES string of the molecule is CCN1CCC(C)C(I)C1. The van der Waals surface area contributed by atoms with Gasteiger partial charge in [-0.25, -0.2) is 0 Å². The molecule has 0 saturated carbocycles. The molecule has 0 radical (unpaired) electrons. The van der Waals surface area contributed by atoms with E-state index < -0.39 is 0 Å². The maximum Gasteiger partial charge on any atom is 0.0263 e. The van der Waals surface area contributed by atoms with Crippen molar-refractivity contribution in [2.75, 3.05) is 19.6 Å². The highest BCUT2D eigenvalue weighted by molar-refractivity contribution is 14.1. The van der Waals surface area contributed by atoms with Gasteiger partial charge in [-0.2, -0.15) is 0 Å². The van der Waals surface area contributed by atoms with E-state index in [-0.39, 0.29) is 0 Å². The topological polar surface area (TPSA) is 3.24 Å². The Kier molecular flexibility index (Phi) is 3.43. The van der Waals surface area contributed by atoms with Crippen molar-refractivity contribution in [1.29, 1.82) is 0 Å². The number of nitrogens with zero attached hydrogens (tertiary/aromatic N) is 1. The first kappa shape index (κ1) is 8.78. The molecule has 1 saturated heterocycles. The highest BCUT2D eigenvalue weighted by Gasteiger charge is 2.22. The number of hydrogen-bond donors (Lipinski definition) is 0. The van der Waals surface area contributed by atoms with Gasteiger partial charge in [0, 0.05) is 10.5 Å². The van der Waals surface area contributed by atoms with Gasteiger partial charge in [-0.05, 0) is 25.4 Å². The fraction of sp³-hybridized carbons (Fsp3) is 1.00. The number of alkyl halides is 1. The Bertz CT molecular complexity index is 105. The molecule has 1 aliphatic heterocycles. The van der Waals surface area contributed by atoms with Crippen molar-refractivity contribution in [2.45, 2.75) is 24.2 Å². The zero-order chi connectivity index (χ0) is 7.56. The number of hydrogen-bond acceptors (Lipinski definition) is 1. The van der Waals surface area contributed by atoms with Crippen molar-refractivity contribution in [3.8, 4) is 0 Å². The second kappa shape index (κ2) is 3.90. The molecule has 0 amide bonds. The summed E-state index contributed by atoms with van der Waals surface area (Å²) in [5.74, 6) is 0.934. The monoisotopic (exact) mass is 253 g/mol. The van der Waals surface area contributed by atoms with Crippen molar-refractivity contribution < 1.29 is 0 Å². The molecule has 0 aromatic heterocycles. The van der Waals surface area contributed by atoms with Crippen molar-refractivity contribution in [1.82, 2.24) is 4.90 Å². The molecule has 2 atom stereocenters. The minimum atomic E-state index is 0.881. The molecule has 2 unspecified atom stereocenters. The van der Waals surface area contributed by atoms with Crippen molar-refractivity contribution in [2.24, 2.45) is 5.92 Å². The quantitative estimate of drug-likeness (QED) is 0.511. The van der Waals surface area contributed by atoms with Crippen molar-refractivity contribution >= 4 is 22.6 Å². The molecule has 1 rings (SSSR count). The first-order valence-corrected chi connectivity index (χ1v) is 5.35. The molecule has 1 nitrogen and oxygen atoms in total. The molecule has 0 bridgehead atoms. The smallest absolute Gasteiger partial charge is 0.0263 e. The van der Waals surface area contributed by atoms with Gasteiger partial charge in [-0.1, -0.05) is 36.4 Å². The normalized spacial score (nSPS) is 36.3. The van der Waals surface area contributed by atoms with E-state index >= 15 is 0 Å². The lowest BCUT2D eigenvalue weighted by Gasteiger charge is -2.33. The Balaban J connectivity index is 2.33. The summed E-state index contributed by atoms with van der Waals surface area (Å²) >= 11 is 2.58.